The van der Waals surface area contributed by atoms with E-state index in [1.165, 1.54) is 11.4 Å². The third-order valence-electron chi connectivity index (χ3n) is 4.87. The summed E-state index contributed by atoms with van der Waals surface area (Å²) in [6.45, 7) is 5.14. The average molecular weight is 452 g/mol. The van der Waals surface area contributed by atoms with Crippen LogP contribution in [0.3, 0.4) is 0 Å². The maximum atomic E-state index is 12.8. The molecule has 0 saturated heterocycles. The summed E-state index contributed by atoms with van der Waals surface area (Å²) >= 11 is 0. The van der Waals surface area contributed by atoms with Gasteiger partial charge in [-0.15, -0.1) is 0 Å². The maximum Gasteiger partial charge on any atom is 0.416 e. The molecule has 0 amide bonds. The quantitative estimate of drug-likeness (QED) is 0.612. The third-order valence-corrected chi connectivity index (χ3v) is 6.80. The predicted molar refractivity (Wildman–Crippen MR) is 104 cm³/mol. The van der Waals surface area contributed by atoms with Crippen molar-refractivity contribution in [2.45, 2.75) is 75.3 Å². The molecule has 0 atom stereocenters. The van der Waals surface area contributed by atoms with Crippen LogP contribution in [0.1, 0.15) is 52.0 Å². The molecule has 30 heavy (non-hydrogen) atoms. The summed E-state index contributed by atoms with van der Waals surface area (Å²) in [7, 11) is -2.48. The average Bonchev–Trinajstić information content (AvgIpc) is 2.64. The van der Waals surface area contributed by atoms with Crippen molar-refractivity contribution in [2.24, 2.45) is 0 Å². The number of ether oxygens (including phenoxy) is 2. The van der Waals surface area contributed by atoms with Gasteiger partial charge in [-0.25, -0.2) is 13.2 Å². The Kier molecular flexibility index (Phi) is 7.58. The molecule has 0 spiro atoms. The number of halogens is 3. The second-order valence-electron chi connectivity index (χ2n) is 8.37. The lowest BCUT2D eigenvalue weighted by atomic mass is 9.93. The normalized spacial score (nSPS) is 20.9. The topological polar surface area (TPSA) is 72.9 Å². The second kappa shape index (κ2) is 9.23. The molecular formula is C20H28F3NO5S. The first-order valence-electron chi connectivity index (χ1n) is 9.69. The van der Waals surface area contributed by atoms with Gasteiger partial charge >= 0.3 is 12.1 Å². The molecule has 0 aliphatic heterocycles. The molecule has 0 N–H and O–H groups in total. The zero-order valence-corrected chi connectivity index (χ0v) is 18.3. The molecule has 6 nitrogen and oxygen atoms in total. The molecule has 1 fully saturated rings. The van der Waals surface area contributed by atoms with Crippen molar-refractivity contribution in [3.8, 4) is 0 Å². The molecule has 1 saturated carbocycles. The van der Waals surface area contributed by atoms with E-state index in [4.69, 9.17) is 9.47 Å². The number of alkyl halides is 3. The molecule has 1 aliphatic rings. The molecule has 1 aromatic rings. The van der Waals surface area contributed by atoms with Gasteiger partial charge in [-0.2, -0.15) is 17.5 Å². The van der Waals surface area contributed by atoms with Gasteiger partial charge in [0.2, 0.25) is 10.0 Å². The van der Waals surface area contributed by atoms with E-state index in [2.05, 4.69) is 0 Å². The highest BCUT2D eigenvalue weighted by Gasteiger charge is 2.34. The van der Waals surface area contributed by atoms with Gasteiger partial charge in [-0.1, -0.05) is 0 Å². The van der Waals surface area contributed by atoms with E-state index >= 15 is 0 Å². The van der Waals surface area contributed by atoms with Crippen LogP contribution in [0.15, 0.2) is 29.2 Å². The second-order valence-corrected chi connectivity index (χ2v) is 10.4. The number of esters is 1. The largest absolute Gasteiger partial charge is 0.458 e. The maximum absolute atomic E-state index is 12.8. The first-order valence-corrected chi connectivity index (χ1v) is 11.1. The predicted octanol–water partition coefficient (Wildman–Crippen LogP) is 4.00. The van der Waals surface area contributed by atoms with Crippen molar-refractivity contribution in [3.05, 3.63) is 29.8 Å². The van der Waals surface area contributed by atoms with Crippen LogP contribution >= 0.6 is 0 Å². The minimum Gasteiger partial charge on any atom is -0.458 e. The summed E-state index contributed by atoms with van der Waals surface area (Å²) in [5, 5.41) is 0. The van der Waals surface area contributed by atoms with Crippen molar-refractivity contribution in [1.82, 2.24) is 4.31 Å². The number of carbonyl (C=O) groups is 1. The molecule has 1 aromatic carbocycles. The van der Waals surface area contributed by atoms with Crippen LogP contribution in [0.25, 0.3) is 0 Å². The number of hydrogen-bond donors (Lipinski definition) is 0. The number of benzene rings is 1. The van der Waals surface area contributed by atoms with Crippen molar-refractivity contribution in [3.63, 3.8) is 0 Å². The summed E-state index contributed by atoms with van der Waals surface area (Å²) in [5.41, 5.74) is -1.49. The van der Waals surface area contributed by atoms with Gasteiger partial charge in [0, 0.05) is 13.1 Å². The lowest BCUT2D eigenvalue weighted by molar-refractivity contribution is -0.163. The lowest BCUT2D eigenvalue weighted by Gasteiger charge is -2.34. The van der Waals surface area contributed by atoms with E-state index in [0.29, 0.717) is 25.7 Å². The van der Waals surface area contributed by atoms with Gasteiger partial charge in [0.05, 0.1) is 16.6 Å². The van der Waals surface area contributed by atoms with E-state index in [9.17, 15) is 26.4 Å². The van der Waals surface area contributed by atoms with Gasteiger partial charge in [0.1, 0.15) is 12.2 Å². The molecule has 2 rings (SSSR count). The smallest absolute Gasteiger partial charge is 0.416 e. The van der Waals surface area contributed by atoms with Crippen molar-refractivity contribution < 1.29 is 35.9 Å². The monoisotopic (exact) mass is 451 g/mol. The molecular weight excluding hydrogens is 423 g/mol. The fourth-order valence-electron chi connectivity index (χ4n) is 3.31. The van der Waals surface area contributed by atoms with Crippen LogP contribution in [0.4, 0.5) is 13.2 Å². The molecule has 0 unspecified atom stereocenters. The molecule has 0 radical (unpaired) electrons. The lowest BCUT2D eigenvalue weighted by Crippen LogP contribution is -2.41. The number of rotatable bonds is 6. The Morgan fingerprint density at radius 3 is 2.07 bits per heavy atom. The number of nitrogens with zero attached hydrogens (tertiary/aromatic N) is 1. The first-order chi connectivity index (χ1) is 13.7. The Labute approximate surface area is 175 Å². The molecule has 0 bridgehead atoms. The van der Waals surface area contributed by atoms with Gasteiger partial charge in [0.25, 0.3) is 0 Å². The van der Waals surface area contributed by atoms with Crippen LogP contribution in [-0.4, -0.2) is 50.1 Å². The van der Waals surface area contributed by atoms with Crippen LogP contribution < -0.4 is 0 Å². The Balaban J connectivity index is 1.91. The van der Waals surface area contributed by atoms with Gasteiger partial charge in [0.15, 0.2) is 0 Å². The SMILES string of the molecule is CN(C1CCC(OCC(=O)OC(C)(C)C)CC1)S(=O)(=O)c1ccc(C(F)(F)F)cc1. The number of hydrogen-bond acceptors (Lipinski definition) is 5. The Morgan fingerprint density at radius 1 is 1.07 bits per heavy atom. The summed E-state index contributed by atoms with van der Waals surface area (Å²) < 4.78 is 75.6. The summed E-state index contributed by atoms with van der Waals surface area (Å²) in [4.78, 5) is 11.6. The van der Waals surface area contributed by atoms with E-state index in [-0.39, 0.29) is 23.6 Å². The fraction of sp³-hybridized carbons (Fsp3) is 0.650. The van der Waals surface area contributed by atoms with Crippen LogP contribution in [0.2, 0.25) is 0 Å². The number of sulfonamides is 1. The van der Waals surface area contributed by atoms with Crippen molar-refractivity contribution in [1.29, 1.82) is 0 Å². The molecule has 1 aliphatic carbocycles. The molecule has 0 aromatic heterocycles. The summed E-state index contributed by atoms with van der Waals surface area (Å²) in [6, 6.07) is 3.19. The standard InChI is InChI=1S/C20H28F3NO5S/c1-19(2,3)29-18(25)13-28-16-9-7-15(8-10-16)24(4)30(26,27)17-11-5-14(6-12-17)20(21,22)23/h5-6,11-12,15-16H,7-10,13H2,1-4H3. The minimum atomic E-state index is -4.52. The van der Waals surface area contributed by atoms with Crippen LogP contribution in [0.5, 0.6) is 0 Å². The third kappa shape index (κ3) is 6.68. The van der Waals surface area contributed by atoms with E-state index in [1.807, 2.05) is 0 Å². The van der Waals surface area contributed by atoms with Gasteiger partial charge < -0.3 is 9.47 Å². The highest BCUT2D eigenvalue weighted by atomic mass is 32.2. The van der Waals surface area contributed by atoms with Crippen molar-refractivity contribution in [2.75, 3.05) is 13.7 Å². The van der Waals surface area contributed by atoms with E-state index < -0.39 is 33.3 Å². The molecule has 0 heterocycles. The van der Waals surface area contributed by atoms with Gasteiger partial charge in [-0.05, 0) is 70.7 Å². The minimum absolute atomic E-state index is 0.160. The zero-order chi connectivity index (χ0) is 22.7. The Morgan fingerprint density at radius 2 is 1.60 bits per heavy atom. The Bertz CT molecular complexity index is 823. The Hall–Kier alpha value is -1.65. The highest BCUT2D eigenvalue weighted by molar-refractivity contribution is 7.89. The number of carbonyl (C=O) groups excluding carboxylic acids is 1. The van der Waals surface area contributed by atoms with Gasteiger partial charge in [-0.3, -0.25) is 0 Å². The summed E-state index contributed by atoms with van der Waals surface area (Å²) in [5.74, 6) is -0.452. The van der Waals surface area contributed by atoms with E-state index in [0.717, 1.165) is 24.3 Å². The fourth-order valence-corrected chi connectivity index (χ4v) is 4.73. The molecule has 10 heteroatoms. The highest BCUT2D eigenvalue weighted by Crippen LogP contribution is 2.32. The van der Waals surface area contributed by atoms with Crippen LogP contribution in [-0.2, 0) is 30.5 Å². The molecule has 170 valence electrons. The van der Waals surface area contributed by atoms with E-state index in [1.54, 1.807) is 20.8 Å². The summed E-state index contributed by atoms with van der Waals surface area (Å²) in [6.07, 6.45) is -2.51. The van der Waals surface area contributed by atoms with Crippen LogP contribution in [0, 0.1) is 0 Å². The van der Waals surface area contributed by atoms with Crippen molar-refractivity contribution >= 4 is 16.0 Å². The zero-order valence-electron chi connectivity index (χ0n) is 17.5. The first kappa shape index (κ1) is 24.6.